The first-order valence-corrected chi connectivity index (χ1v) is 6.97. The maximum Gasteiger partial charge on any atom is 0.171 e. The normalized spacial score (nSPS) is 23.0. The third kappa shape index (κ3) is 3.30. The first kappa shape index (κ1) is 13.1. The van der Waals surface area contributed by atoms with E-state index < -0.39 is 0 Å². The molecule has 0 aromatic heterocycles. The lowest BCUT2D eigenvalue weighted by molar-refractivity contribution is -0.180. The highest BCUT2D eigenvalue weighted by atomic mass is 32.1. The lowest BCUT2D eigenvalue weighted by Crippen LogP contribution is -2.50. The summed E-state index contributed by atoms with van der Waals surface area (Å²) in [4.78, 5) is 2.22. The van der Waals surface area contributed by atoms with Gasteiger partial charge in [0.15, 0.2) is 10.9 Å². The second-order valence-corrected chi connectivity index (χ2v) is 5.07. The minimum atomic E-state index is -0.296. The van der Waals surface area contributed by atoms with Crippen LogP contribution in [0.4, 0.5) is 0 Å². The number of unbranched alkanes of at least 4 members (excludes halogenated alkanes) is 1. The molecule has 0 radical (unpaired) electrons. The molecule has 0 unspecified atom stereocenters. The topological polar surface area (TPSA) is 33.7 Å². The Balaban J connectivity index is 1.72. The van der Waals surface area contributed by atoms with Crippen molar-refractivity contribution in [2.75, 3.05) is 32.8 Å². The van der Waals surface area contributed by atoms with Crippen molar-refractivity contribution in [2.45, 2.75) is 38.4 Å². The van der Waals surface area contributed by atoms with Gasteiger partial charge in [0.05, 0.1) is 13.2 Å². The molecule has 17 heavy (non-hydrogen) atoms. The Kier molecular flexibility index (Phi) is 4.59. The van der Waals surface area contributed by atoms with Crippen LogP contribution in [-0.2, 0) is 9.47 Å². The highest BCUT2D eigenvalue weighted by Crippen LogP contribution is 2.31. The number of likely N-dealkylation sites (tertiary alicyclic amines) is 1. The van der Waals surface area contributed by atoms with Crippen LogP contribution in [-0.4, -0.2) is 48.6 Å². The van der Waals surface area contributed by atoms with Crippen LogP contribution in [0.25, 0.3) is 0 Å². The van der Waals surface area contributed by atoms with Crippen LogP contribution in [0, 0.1) is 0 Å². The molecule has 2 heterocycles. The van der Waals surface area contributed by atoms with E-state index in [1.54, 1.807) is 0 Å². The second-order valence-electron chi connectivity index (χ2n) is 4.68. The summed E-state index contributed by atoms with van der Waals surface area (Å²) in [7, 11) is 0. The van der Waals surface area contributed by atoms with Gasteiger partial charge in [0.25, 0.3) is 0 Å². The fourth-order valence-electron chi connectivity index (χ4n) is 2.32. The Labute approximate surface area is 109 Å². The molecule has 4 nitrogen and oxygen atoms in total. The van der Waals surface area contributed by atoms with Gasteiger partial charge in [-0.1, -0.05) is 13.3 Å². The van der Waals surface area contributed by atoms with Crippen molar-refractivity contribution in [1.82, 2.24) is 10.2 Å². The van der Waals surface area contributed by atoms with Crippen molar-refractivity contribution >= 4 is 17.3 Å². The van der Waals surface area contributed by atoms with Gasteiger partial charge in [0.2, 0.25) is 0 Å². The molecule has 5 heteroatoms. The molecule has 0 aromatic carbocycles. The summed E-state index contributed by atoms with van der Waals surface area (Å²) in [5, 5.41) is 4.19. The summed E-state index contributed by atoms with van der Waals surface area (Å²) in [5.41, 5.74) is 0. The zero-order valence-electron chi connectivity index (χ0n) is 10.5. The zero-order chi connectivity index (χ0) is 12.1. The zero-order valence-corrected chi connectivity index (χ0v) is 11.4. The SMILES string of the molecule is CCCCNC(=S)N1CCC2(CC1)OCCO2. The molecule has 0 atom stereocenters. The van der Waals surface area contributed by atoms with E-state index in [2.05, 4.69) is 17.1 Å². The largest absolute Gasteiger partial charge is 0.363 e. The van der Waals surface area contributed by atoms with Crippen molar-refractivity contribution in [3.8, 4) is 0 Å². The number of nitrogens with zero attached hydrogens (tertiary/aromatic N) is 1. The van der Waals surface area contributed by atoms with Crippen molar-refractivity contribution in [3.05, 3.63) is 0 Å². The molecule has 1 spiro atoms. The van der Waals surface area contributed by atoms with Gasteiger partial charge in [-0.15, -0.1) is 0 Å². The molecular formula is C12H22N2O2S. The van der Waals surface area contributed by atoms with Gasteiger partial charge in [-0.25, -0.2) is 0 Å². The first-order chi connectivity index (χ1) is 8.26. The molecule has 2 fully saturated rings. The van der Waals surface area contributed by atoms with Gasteiger partial charge >= 0.3 is 0 Å². The Morgan fingerprint density at radius 3 is 2.53 bits per heavy atom. The maximum atomic E-state index is 5.70. The van der Waals surface area contributed by atoms with Gasteiger partial charge < -0.3 is 19.7 Å². The van der Waals surface area contributed by atoms with Crippen LogP contribution >= 0.6 is 12.2 Å². The number of hydrogen-bond donors (Lipinski definition) is 1. The van der Waals surface area contributed by atoms with Crippen molar-refractivity contribution in [2.24, 2.45) is 0 Å². The Bertz CT molecular complexity index is 257. The number of ether oxygens (including phenoxy) is 2. The van der Waals surface area contributed by atoms with Crippen LogP contribution in [0.3, 0.4) is 0 Å². The minimum absolute atomic E-state index is 0.296. The summed E-state index contributed by atoms with van der Waals surface area (Å²) in [5.74, 6) is -0.296. The van der Waals surface area contributed by atoms with Gasteiger partial charge in [-0.05, 0) is 18.6 Å². The monoisotopic (exact) mass is 258 g/mol. The molecule has 2 rings (SSSR count). The molecule has 2 aliphatic heterocycles. The van der Waals surface area contributed by atoms with E-state index in [0.717, 1.165) is 50.8 Å². The summed E-state index contributed by atoms with van der Waals surface area (Å²) >= 11 is 5.38. The number of thiocarbonyl (C=S) groups is 1. The summed E-state index contributed by atoms with van der Waals surface area (Å²) < 4.78 is 11.4. The lowest BCUT2D eigenvalue weighted by Gasteiger charge is -2.38. The van der Waals surface area contributed by atoms with E-state index in [0.29, 0.717) is 0 Å². The standard InChI is InChI=1S/C12H22N2O2S/c1-2-3-6-13-11(17)14-7-4-12(5-8-14)15-9-10-16-12/h2-10H2,1H3,(H,13,17). The fraction of sp³-hybridized carbons (Fsp3) is 0.917. The lowest BCUT2D eigenvalue weighted by atomic mass is 10.0. The first-order valence-electron chi connectivity index (χ1n) is 6.56. The van der Waals surface area contributed by atoms with Crippen LogP contribution in [0.5, 0.6) is 0 Å². The van der Waals surface area contributed by atoms with Crippen LogP contribution in [0.2, 0.25) is 0 Å². The molecule has 0 aliphatic carbocycles. The van der Waals surface area contributed by atoms with E-state index in [1.165, 1.54) is 12.8 Å². The number of piperidine rings is 1. The smallest absolute Gasteiger partial charge is 0.171 e. The Morgan fingerprint density at radius 2 is 1.94 bits per heavy atom. The summed E-state index contributed by atoms with van der Waals surface area (Å²) in [6.07, 6.45) is 4.20. The molecule has 98 valence electrons. The van der Waals surface area contributed by atoms with Gasteiger partial charge in [0, 0.05) is 32.5 Å². The molecule has 2 aliphatic rings. The summed E-state index contributed by atoms with van der Waals surface area (Å²) in [6.45, 7) is 6.49. The molecular weight excluding hydrogens is 236 g/mol. The van der Waals surface area contributed by atoms with E-state index in [9.17, 15) is 0 Å². The molecule has 2 saturated heterocycles. The third-order valence-corrected chi connectivity index (χ3v) is 3.84. The number of hydrogen-bond acceptors (Lipinski definition) is 3. The van der Waals surface area contributed by atoms with Crippen LogP contribution < -0.4 is 5.32 Å². The maximum absolute atomic E-state index is 5.70. The van der Waals surface area contributed by atoms with Crippen molar-refractivity contribution < 1.29 is 9.47 Å². The van der Waals surface area contributed by atoms with Gasteiger partial charge in [-0.3, -0.25) is 0 Å². The average Bonchev–Trinajstić information content (AvgIpc) is 2.79. The summed E-state index contributed by atoms with van der Waals surface area (Å²) in [6, 6.07) is 0. The number of rotatable bonds is 3. The Hall–Kier alpha value is -0.390. The Morgan fingerprint density at radius 1 is 1.29 bits per heavy atom. The minimum Gasteiger partial charge on any atom is -0.363 e. The molecule has 0 saturated carbocycles. The van der Waals surface area contributed by atoms with Crippen LogP contribution in [0.15, 0.2) is 0 Å². The molecule has 1 N–H and O–H groups in total. The molecule has 0 amide bonds. The van der Waals surface area contributed by atoms with Gasteiger partial charge in [0.1, 0.15) is 0 Å². The van der Waals surface area contributed by atoms with Gasteiger partial charge in [-0.2, -0.15) is 0 Å². The highest BCUT2D eigenvalue weighted by Gasteiger charge is 2.40. The molecule has 0 bridgehead atoms. The average molecular weight is 258 g/mol. The van der Waals surface area contributed by atoms with E-state index in [4.69, 9.17) is 21.7 Å². The van der Waals surface area contributed by atoms with Crippen LogP contribution in [0.1, 0.15) is 32.6 Å². The second kappa shape index (κ2) is 5.98. The predicted molar refractivity (Wildman–Crippen MR) is 71.0 cm³/mol. The van der Waals surface area contributed by atoms with E-state index >= 15 is 0 Å². The number of nitrogens with one attached hydrogen (secondary N) is 1. The fourth-order valence-corrected chi connectivity index (χ4v) is 2.60. The van der Waals surface area contributed by atoms with E-state index in [-0.39, 0.29) is 5.79 Å². The molecule has 0 aromatic rings. The van der Waals surface area contributed by atoms with Crippen molar-refractivity contribution in [3.63, 3.8) is 0 Å². The van der Waals surface area contributed by atoms with Crippen molar-refractivity contribution in [1.29, 1.82) is 0 Å². The quantitative estimate of drug-likeness (QED) is 0.613. The predicted octanol–water partition coefficient (Wildman–Crippen LogP) is 1.50. The van der Waals surface area contributed by atoms with E-state index in [1.807, 2.05) is 0 Å². The highest BCUT2D eigenvalue weighted by molar-refractivity contribution is 7.80. The third-order valence-electron chi connectivity index (χ3n) is 3.43.